The third-order valence-electron chi connectivity index (χ3n) is 7.26. The largest absolute Gasteiger partial charge is 0.417 e. The quantitative estimate of drug-likeness (QED) is 0.167. The summed E-state index contributed by atoms with van der Waals surface area (Å²) < 4.78 is 70.6. The molecule has 0 aliphatic rings. The Kier molecular flexibility index (Phi) is 12.0. The van der Waals surface area contributed by atoms with Gasteiger partial charge in [-0.05, 0) is 74.4 Å². The van der Waals surface area contributed by atoms with Crippen molar-refractivity contribution in [1.29, 1.82) is 0 Å². The van der Waals surface area contributed by atoms with Gasteiger partial charge in [0.2, 0.25) is 11.8 Å². The van der Waals surface area contributed by atoms with Gasteiger partial charge >= 0.3 is 6.18 Å². The van der Waals surface area contributed by atoms with Crippen LogP contribution in [0.15, 0.2) is 102 Å². The summed E-state index contributed by atoms with van der Waals surface area (Å²) in [7, 11) is -4.64. The highest BCUT2D eigenvalue weighted by Gasteiger charge is 2.38. The number of sulfonamides is 1. The maximum atomic E-state index is 14.5. The van der Waals surface area contributed by atoms with Crippen LogP contribution in [0.3, 0.4) is 0 Å². The number of anilines is 1. The molecule has 0 saturated carbocycles. The Morgan fingerprint density at radius 3 is 1.94 bits per heavy atom. The van der Waals surface area contributed by atoms with Gasteiger partial charge in [-0.15, -0.1) is 0 Å². The van der Waals surface area contributed by atoms with E-state index in [1.165, 1.54) is 41.3 Å². The second-order valence-electron chi connectivity index (χ2n) is 12.2. The molecule has 0 saturated heterocycles. The van der Waals surface area contributed by atoms with Crippen LogP contribution >= 0.6 is 34.8 Å². The third-order valence-corrected chi connectivity index (χ3v) is 10.1. The van der Waals surface area contributed by atoms with Crippen LogP contribution < -0.4 is 9.62 Å². The molecule has 0 spiro atoms. The molecule has 1 atom stereocenters. The van der Waals surface area contributed by atoms with Crippen LogP contribution in [-0.2, 0) is 38.8 Å². The van der Waals surface area contributed by atoms with Crippen LogP contribution in [-0.4, -0.2) is 43.3 Å². The first-order valence-corrected chi connectivity index (χ1v) is 17.5. The molecule has 4 aromatic carbocycles. The molecule has 0 aromatic heterocycles. The molecule has 0 aliphatic heterocycles. The molecular formula is C35H33Cl3F3N3O4S. The highest BCUT2D eigenvalue weighted by Crippen LogP contribution is 2.38. The van der Waals surface area contributed by atoms with Gasteiger partial charge in [0.1, 0.15) is 12.6 Å². The lowest BCUT2D eigenvalue weighted by Gasteiger charge is -2.35. The first-order valence-electron chi connectivity index (χ1n) is 14.9. The van der Waals surface area contributed by atoms with E-state index in [2.05, 4.69) is 5.32 Å². The zero-order chi connectivity index (χ0) is 36.1. The molecule has 2 amide bonds. The highest BCUT2D eigenvalue weighted by atomic mass is 35.5. The third kappa shape index (κ3) is 9.91. The Bertz CT molecular complexity index is 1910. The fraction of sp³-hybridized carbons (Fsp3) is 0.257. The van der Waals surface area contributed by atoms with E-state index in [0.29, 0.717) is 21.5 Å². The van der Waals surface area contributed by atoms with Crippen LogP contribution in [0.1, 0.15) is 37.5 Å². The standard InChI is InChI=1S/C35H33Cl3F3N3O4S/c1-34(2,3)42-33(46)31(19-23-10-6-4-7-11-23)43(21-24-14-16-29(37)30(38)18-24)32(45)22-44(49(47,48)26-12-8-5-9-13-26)25-15-17-28(36)27(20-25)35(39,40)41/h4-18,20,31H,19,21-22H2,1-3H3,(H,42,46)/t31-/m0/s1. The van der Waals surface area contributed by atoms with Crippen LogP contribution in [0.25, 0.3) is 0 Å². The Labute approximate surface area is 298 Å². The number of hydrogen-bond donors (Lipinski definition) is 1. The minimum absolute atomic E-state index is 0.0282. The summed E-state index contributed by atoms with van der Waals surface area (Å²) in [6.07, 6.45) is -4.90. The van der Waals surface area contributed by atoms with E-state index in [0.717, 1.165) is 12.1 Å². The summed E-state index contributed by atoms with van der Waals surface area (Å²) >= 11 is 18.3. The predicted molar refractivity (Wildman–Crippen MR) is 186 cm³/mol. The number of benzene rings is 4. The lowest BCUT2D eigenvalue weighted by Crippen LogP contribution is -2.56. The summed E-state index contributed by atoms with van der Waals surface area (Å²) in [5, 5.41) is 2.68. The smallest absolute Gasteiger partial charge is 0.350 e. The summed E-state index contributed by atoms with van der Waals surface area (Å²) in [5.41, 5.74) is -1.30. The zero-order valence-electron chi connectivity index (χ0n) is 26.6. The van der Waals surface area contributed by atoms with E-state index in [-0.39, 0.29) is 27.9 Å². The monoisotopic (exact) mass is 753 g/mol. The van der Waals surface area contributed by atoms with Crippen molar-refractivity contribution in [3.8, 4) is 0 Å². The fourth-order valence-corrected chi connectivity index (χ4v) is 6.95. The van der Waals surface area contributed by atoms with Crippen molar-refractivity contribution in [1.82, 2.24) is 10.2 Å². The Hall–Kier alpha value is -3.77. The van der Waals surface area contributed by atoms with Gasteiger partial charge in [0.05, 0.1) is 31.2 Å². The average Bonchev–Trinajstić information content (AvgIpc) is 3.03. The molecule has 7 nitrogen and oxygen atoms in total. The summed E-state index contributed by atoms with van der Waals surface area (Å²) in [6, 6.07) is 21.9. The molecular weight excluding hydrogens is 722 g/mol. The molecule has 49 heavy (non-hydrogen) atoms. The van der Waals surface area contributed by atoms with Crippen LogP contribution in [0.2, 0.25) is 15.1 Å². The second-order valence-corrected chi connectivity index (χ2v) is 15.3. The topological polar surface area (TPSA) is 86.8 Å². The van der Waals surface area contributed by atoms with Crippen molar-refractivity contribution >= 4 is 62.3 Å². The van der Waals surface area contributed by atoms with Crippen LogP contribution in [0.4, 0.5) is 18.9 Å². The maximum absolute atomic E-state index is 14.5. The van der Waals surface area contributed by atoms with E-state index in [1.807, 2.05) is 0 Å². The number of carbonyl (C=O) groups excluding carboxylic acids is 2. The van der Waals surface area contributed by atoms with Crippen LogP contribution in [0.5, 0.6) is 0 Å². The molecule has 0 bridgehead atoms. The Morgan fingerprint density at radius 2 is 1.37 bits per heavy atom. The van der Waals surface area contributed by atoms with E-state index in [1.54, 1.807) is 63.2 Å². The normalized spacial score (nSPS) is 12.7. The minimum atomic E-state index is -4.93. The first kappa shape index (κ1) is 38.0. The lowest BCUT2D eigenvalue weighted by atomic mass is 10.0. The van der Waals surface area contributed by atoms with Gasteiger partial charge in [0, 0.05) is 18.5 Å². The summed E-state index contributed by atoms with van der Waals surface area (Å²) in [6.45, 7) is 4.11. The minimum Gasteiger partial charge on any atom is -0.350 e. The molecule has 0 fully saturated rings. The zero-order valence-corrected chi connectivity index (χ0v) is 29.7. The molecule has 260 valence electrons. The van der Waals surface area contributed by atoms with Gasteiger partial charge in [0.25, 0.3) is 10.0 Å². The van der Waals surface area contributed by atoms with Gasteiger partial charge in [0.15, 0.2) is 0 Å². The Morgan fingerprint density at radius 1 is 0.776 bits per heavy atom. The van der Waals surface area contributed by atoms with E-state index in [9.17, 15) is 31.2 Å². The molecule has 4 aromatic rings. The van der Waals surface area contributed by atoms with Crippen molar-refractivity contribution < 1.29 is 31.2 Å². The van der Waals surface area contributed by atoms with Crippen molar-refractivity contribution in [2.45, 2.75) is 56.4 Å². The summed E-state index contributed by atoms with van der Waals surface area (Å²) in [4.78, 5) is 29.4. The van der Waals surface area contributed by atoms with Gasteiger partial charge in [-0.2, -0.15) is 13.2 Å². The molecule has 1 N–H and O–H groups in total. The number of alkyl halides is 3. The van der Waals surface area contributed by atoms with Gasteiger partial charge < -0.3 is 10.2 Å². The number of carbonyl (C=O) groups is 2. The average molecular weight is 755 g/mol. The van der Waals surface area contributed by atoms with E-state index in [4.69, 9.17) is 34.8 Å². The highest BCUT2D eigenvalue weighted by molar-refractivity contribution is 7.92. The SMILES string of the molecule is CC(C)(C)NC(=O)[C@H](Cc1ccccc1)N(Cc1ccc(Cl)c(Cl)c1)C(=O)CN(c1ccc(Cl)c(C(F)(F)F)c1)S(=O)(=O)c1ccccc1. The van der Waals surface area contributed by atoms with Gasteiger partial charge in [-0.3, -0.25) is 13.9 Å². The fourth-order valence-electron chi connectivity index (χ4n) is 4.98. The lowest BCUT2D eigenvalue weighted by molar-refractivity contribution is -0.140. The van der Waals surface area contributed by atoms with Crippen molar-refractivity contribution in [3.05, 3.63) is 129 Å². The molecule has 0 aliphatic carbocycles. The second kappa shape index (κ2) is 15.4. The molecule has 4 rings (SSSR count). The number of nitrogens with one attached hydrogen (secondary N) is 1. The predicted octanol–water partition coefficient (Wildman–Crippen LogP) is 8.42. The molecule has 0 heterocycles. The van der Waals surface area contributed by atoms with E-state index < -0.39 is 62.4 Å². The molecule has 0 unspecified atom stereocenters. The van der Waals surface area contributed by atoms with E-state index >= 15 is 0 Å². The number of hydrogen-bond acceptors (Lipinski definition) is 4. The number of amides is 2. The van der Waals surface area contributed by atoms with Gasteiger partial charge in [-0.25, -0.2) is 8.42 Å². The van der Waals surface area contributed by atoms with Crippen LogP contribution in [0, 0.1) is 0 Å². The molecule has 0 radical (unpaired) electrons. The molecule has 14 heteroatoms. The maximum Gasteiger partial charge on any atom is 0.417 e. The number of nitrogens with zero attached hydrogens (tertiary/aromatic N) is 2. The number of halogens is 6. The van der Waals surface area contributed by atoms with Crippen molar-refractivity contribution in [2.75, 3.05) is 10.8 Å². The Balaban J connectivity index is 1.88. The van der Waals surface area contributed by atoms with Crippen molar-refractivity contribution in [2.24, 2.45) is 0 Å². The van der Waals surface area contributed by atoms with Gasteiger partial charge in [-0.1, -0.05) is 89.4 Å². The van der Waals surface area contributed by atoms with Crippen molar-refractivity contribution in [3.63, 3.8) is 0 Å². The summed E-state index contributed by atoms with van der Waals surface area (Å²) in [5.74, 6) is -1.41. The number of rotatable bonds is 11. The first-order chi connectivity index (χ1) is 22.9.